The van der Waals surface area contributed by atoms with Crippen LogP contribution < -0.4 is 15.2 Å². The van der Waals surface area contributed by atoms with Crippen LogP contribution in [0.5, 0.6) is 5.75 Å². The maximum atomic E-state index is 13.3. The van der Waals surface area contributed by atoms with Crippen molar-refractivity contribution in [2.75, 3.05) is 11.9 Å². The third-order valence-corrected chi connectivity index (χ3v) is 4.72. The fourth-order valence-corrected chi connectivity index (χ4v) is 3.25. The number of ether oxygens (including phenoxy) is 2. The second-order valence-corrected chi connectivity index (χ2v) is 6.68. The van der Waals surface area contributed by atoms with E-state index in [2.05, 4.69) is 14.6 Å². The Morgan fingerprint density at radius 2 is 2.20 bits per heavy atom. The molecule has 0 bridgehead atoms. The third-order valence-electron chi connectivity index (χ3n) is 4.47. The highest BCUT2D eigenvalue weighted by atomic mass is 35.5. The zero-order chi connectivity index (χ0) is 21.6. The van der Waals surface area contributed by atoms with Gasteiger partial charge in [0.05, 0.1) is 17.7 Å². The Bertz CT molecular complexity index is 1240. The van der Waals surface area contributed by atoms with Crippen LogP contribution in [-0.4, -0.2) is 35.3 Å². The van der Waals surface area contributed by atoms with E-state index >= 15 is 0 Å². The molecule has 9 nitrogen and oxygen atoms in total. The number of benzene rings is 1. The molecule has 0 saturated heterocycles. The highest BCUT2D eigenvalue weighted by Gasteiger charge is 2.39. The predicted octanol–water partition coefficient (Wildman–Crippen LogP) is 2.58. The molecule has 0 aliphatic carbocycles. The second kappa shape index (κ2) is 7.18. The smallest absolute Gasteiger partial charge is 0.450 e. The lowest BCUT2D eigenvalue weighted by Gasteiger charge is -2.28. The van der Waals surface area contributed by atoms with E-state index in [1.54, 1.807) is 0 Å². The van der Waals surface area contributed by atoms with Crippen LogP contribution in [0.3, 0.4) is 0 Å². The van der Waals surface area contributed by atoms with Gasteiger partial charge >= 0.3 is 6.29 Å². The molecule has 1 aliphatic rings. The van der Waals surface area contributed by atoms with Gasteiger partial charge in [0, 0.05) is 18.7 Å². The maximum absolute atomic E-state index is 13.3. The predicted molar refractivity (Wildman–Crippen MR) is 98.9 cm³/mol. The Morgan fingerprint density at radius 3 is 2.93 bits per heavy atom. The van der Waals surface area contributed by atoms with Crippen LogP contribution in [0, 0.1) is 0 Å². The molecule has 0 spiro atoms. The summed E-state index contributed by atoms with van der Waals surface area (Å²) in [5.74, 6) is -0.826. The average Bonchev–Trinajstić information content (AvgIpc) is 3.15. The van der Waals surface area contributed by atoms with Crippen molar-refractivity contribution in [2.24, 2.45) is 0 Å². The SMILES string of the molecule is CN(C(=O)Cn1nc(Cl)c2oc(C=O)cc2c1=O)c1cccc2c1COC(F)(F)O2. The Balaban J connectivity index is 1.65. The number of carbonyl (C=O) groups is 2. The summed E-state index contributed by atoms with van der Waals surface area (Å²) in [6.07, 6.45) is -3.35. The van der Waals surface area contributed by atoms with Crippen molar-refractivity contribution in [3.8, 4) is 5.75 Å². The minimum absolute atomic E-state index is 0.00586. The molecular weight excluding hydrogens is 428 g/mol. The highest BCUT2D eigenvalue weighted by Crippen LogP contribution is 2.38. The number of likely N-dealkylation sites (N-methyl/N-ethyl adjacent to an activating group) is 1. The van der Waals surface area contributed by atoms with Gasteiger partial charge in [-0.2, -0.15) is 5.10 Å². The summed E-state index contributed by atoms with van der Waals surface area (Å²) in [5.41, 5.74) is -0.235. The van der Waals surface area contributed by atoms with Crippen molar-refractivity contribution in [3.63, 3.8) is 0 Å². The quantitative estimate of drug-likeness (QED) is 0.575. The molecule has 0 atom stereocenters. The zero-order valence-electron chi connectivity index (χ0n) is 15.2. The summed E-state index contributed by atoms with van der Waals surface area (Å²) in [6.45, 7) is -0.982. The molecular formula is C18H12ClF2N3O6. The van der Waals surface area contributed by atoms with Crippen LogP contribution >= 0.6 is 11.6 Å². The molecule has 0 fully saturated rings. The molecule has 3 aromatic rings. The molecule has 3 heterocycles. The van der Waals surface area contributed by atoms with E-state index in [1.807, 2.05) is 0 Å². The van der Waals surface area contributed by atoms with E-state index in [4.69, 9.17) is 16.0 Å². The topological polar surface area (TPSA) is 104 Å². The summed E-state index contributed by atoms with van der Waals surface area (Å²) in [7, 11) is 1.40. The average molecular weight is 440 g/mol. The van der Waals surface area contributed by atoms with Crippen molar-refractivity contribution in [3.05, 3.63) is 51.1 Å². The summed E-state index contributed by atoms with van der Waals surface area (Å²) in [5, 5.41) is 3.63. The highest BCUT2D eigenvalue weighted by molar-refractivity contribution is 6.33. The van der Waals surface area contributed by atoms with E-state index in [0.29, 0.717) is 6.29 Å². The molecule has 0 N–H and O–H groups in total. The molecule has 1 aliphatic heterocycles. The largest absolute Gasteiger partial charge is 0.535 e. The summed E-state index contributed by atoms with van der Waals surface area (Å²) in [4.78, 5) is 37.4. The van der Waals surface area contributed by atoms with Crippen molar-refractivity contribution >= 4 is 40.5 Å². The third kappa shape index (κ3) is 3.42. The molecule has 2 aromatic heterocycles. The van der Waals surface area contributed by atoms with Crippen LogP contribution in [0.2, 0.25) is 5.15 Å². The minimum atomic E-state index is -3.76. The van der Waals surface area contributed by atoms with Gasteiger partial charge < -0.3 is 14.1 Å². The van der Waals surface area contributed by atoms with Gasteiger partial charge in [-0.25, -0.2) is 4.68 Å². The number of fused-ring (bicyclic) bond motifs is 2. The van der Waals surface area contributed by atoms with Gasteiger partial charge in [-0.1, -0.05) is 17.7 Å². The van der Waals surface area contributed by atoms with E-state index in [0.717, 1.165) is 9.58 Å². The Morgan fingerprint density at radius 1 is 1.43 bits per heavy atom. The molecule has 156 valence electrons. The van der Waals surface area contributed by atoms with Crippen LogP contribution in [0.15, 0.2) is 33.5 Å². The number of alkyl halides is 2. The summed E-state index contributed by atoms with van der Waals surface area (Å²) in [6, 6.07) is 5.49. The number of amides is 1. The number of halogens is 3. The van der Waals surface area contributed by atoms with E-state index in [1.165, 1.54) is 31.3 Å². The fraction of sp³-hybridized carbons (Fsp3) is 0.222. The van der Waals surface area contributed by atoms with Gasteiger partial charge in [0.2, 0.25) is 5.91 Å². The van der Waals surface area contributed by atoms with E-state index in [-0.39, 0.29) is 38.9 Å². The van der Waals surface area contributed by atoms with Crippen molar-refractivity contribution in [2.45, 2.75) is 19.4 Å². The second-order valence-electron chi connectivity index (χ2n) is 6.32. The number of rotatable bonds is 4. The number of hydrogen-bond donors (Lipinski definition) is 0. The zero-order valence-corrected chi connectivity index (χ0v) is 16.0. The van der Waals surface area contributed by atoms with E-state index < -0.39 is 30.9 Å². The standard InChI is InChI=1S/C18H12ClF2N3O6/c1-23(12-3-2-4-13-11(12)8-28-18(20,21)30-13)14(26)6-24-17(27)10-5-9(7-25)29-15(10)16(19)22-24/h2-5,7H,6,8H2,1H3. The van der Waals surface area contributed by atoms with Crippen LogP contribution in [0.1, 0.15) is 16.1 Å². The lowest BCUT2D eigenvalue weighted by molar-refractivity contribution is -0.367. The minimum Gasteiger partial charge on any atom is -0.450 e. The summed E-state index contributed by atoms with van der Waals surface area (Å²) >= 11 is 6.00. The molecule has 0 saturated carbocycles. The lowest BCUT2D eigenvalue weighted by atomic mass is 10.1. The first-order chi connectivity index (χ1) is 14.2. The maximum Gasteiger partial charge on any atom is 0.535 e. The molecule has 0 radical (unpaired) electrons. The van der Waals surface area contributed by atoms with Crippen LogP contribution in [0.25, 0.3) is 11.0 Å². The molecule has 1 aromatic carbocycles. The molecule has 30 heavy (non-hydrogen) atoms. The molecule has 12 heteroatoms. The number of anilines is 1. The summed E-state index contributed by atoms with van der Waals surface area (Å²) < 4.78 is 41.4. The van der Waals surface area contributed by atoms with Crippen molar-refractivity contribution in [1.29, 1.82) is 0 Å². The van der Waals surface area contributed by atoms with Gasteiger partial charge in [0.15, 0.2) is 22.8 Å². The monoisotopic (exact) mass is 439 g/mol. The van der Waals surface area contributed by atoms with Crippen molar-refractivity contribution in [1.82, 2.24) is 9.78 Å². The Kier molecular flexibility index (Phi) is 4.79. The van der Waals surface area contributed by atoms with Gasteiger partial charge in [-0.05, 0) is 12.1 Å². The van der Waals surface area contributed by atoms with Crippen molar-refractivity contribution < 1.29 is 32.3 Å². The van der Waals surface area contributed by atoms with Gasteiger partial charge in [0.1, 0.15) is 12.3 Å². The number of nitrogens with zero attached hydrogens (tertiary/aromatic N) is 3. The number of carbonyl (C=O) groups excluding carboxylic acids is 2. The number of aldehydes is 1. The van der Waals surface area contributed by atoms with Gasteiger partial charge in [0.25, 0.3) is 5.56 Å². The number of hydrogen-bond acceptors (Lipinski definition) is 7. The number of furan rings is 1. The first-order valence-corrected chi connectivity index (χ1v) is 8.82. The molecule has 0 unspecified atom stereocenters. The lowest BCUT2D eigenvalue weighted by Crippen LogP contribution is -2.37. The van der Waals surface area contributed by atoms with Crippen LogP contribution in [-0.2, 0) is 22.7 Å². The van der Waals surface area contributed by atoms with Gasteiger partial charge in [-0.15, -0.1) is 8.78 Å². The van der Waals surface area contributed by atoms with Gasteiger partial charge in [-0.3, -0.25) is 19.1 Å². The molecule has 4 rings (SSSR count). The first-order valence-electron chi connectivity index (χ1n) is 8.45. The molecule has 1 amide bonds. The van der Waals surface area contributed by atoms with Crippen LogP contribution in [0.4, 0.5) is 14.5 Å². The Labute approximate surface area is 171 Å². The van der Waals surface area contributed by atoms with E-state index in [9.17, 15) is 23.2 Å². The Hall–Kier alpha value is -3.31. The first kappa shape index (κ1) is 20.0. The fourth-order valence-electron chi connectivity index (χ4n) is 3.01. The normalized spacial score (nSPS) is 14.8. The number of aromatic nitrogens is 2.